The van der Waals surface area contributed by atoms with Crippen molar-refractivity contribution in [3.05, 3.63) is 68.3 Å². The number of Topliss-reactive ketones (excluding diaryl/α,β-unsaturated/α-hetero) is 1. The molecule has 1 aliphatic heterocycles. The number of fused-ring (bicyclic) bond motifs is 1. The van der Waals surface area contributed by atoms with Crippen molar-refractivity contribution in [2.75, 3.05) is 0 Å². The number of carbonyl (C=O) groups excluding carboxylic acids is 1. The van der Waals surface area contributed by atoms with E-state index >= 15 is 0 Å². The van der Waals surface area contributed by atoms with Crippen LogP contribution >= 0.6 is 27.5 Å². The second kappa shape index (κ2) is 4.47. The third-order valence-electron chi connectivity index (χ3n) is 2.97. The summed E-state index contributed by atoms with van der Waals surface area (Å²) in [5.41, 5.74) is 1.26. The van der Waals surface area contributed by atoms with Crippen LogP contribution in [0.1, 0.15) is 15.9 Å². The fourth-order valence-electron chi connectivity index (χ4n) is 2.09. The Hall–Kier alpha value is -1.65. The zero-order chi connectivity index (χ0) is 13.6. The Morgan fingerprint density at radius 1 is 1.11 bits per heavy atom. The number of ketones is 1. The predicted molar refractivity (Wildman–Crippen MR) is 77.3 cm³/mol. The van der Waals surface area contributed by atoms with Gasteiger partial charge in [0, 0.05) is 10.5 Å². The lowest BCUT2D eigenvalue weighted by atomic mass is 10.0. The highest BCUT2D eigenvalue weighted by atomic mass is 79.9. The van der Waals surface area contributed by atoms with E-state index in [0.29, 0.717) is 26.6 Å². The minimum atomic E-state index is -0.306. The minimum Gasteiger partial charge on any atom is -0.618 e. The zero-order valence-electron chi connectivity index (χ0n) is 9.56. The molecular formula is C14H7BrClNO2. The van der Waals surface area contributed by atoms with Gasteiger partial charge in [-0.05, 0) is 24.3 Å². The van der Waals surface area contributed by atoms with Gasteiger partial charge >= 0.3 is 0 Å². The first-order valence-corrected chi connectivity index (χ1v) is 6.70. The number of hydrogen-bond donors (Lipinski definition) is 0. The molecule has 0 aliphatic carbocycles. The lowest BCUT2D eigenvalue weighted by Gasteiger charge is -2.03. The smallest absolute Gasteiger partial charge is 0.274 e. The van der Waals surface area contributed by atoms with Crippen LogP contribution in [0.25, 0.3) is 0 Å². The molecule has 0 amide bonds. The molecule has 0 atom stereocenters. The van der Waals surface area contributed by atoms with E-state index in [1.807, 2.05) is 0 Å². The van der Waals surface area contributed by atoms with E-state index in [0.717, 1.165) is 4.47 Å². The largest absolute Gasteiger partial charge is 0.618 e. The van der Waals surface area contributed by atoms with Crippen molar-refractivity contribution in [2.24, 2.45) is 0 Å². The maximum atomic E-state index is 12.4. The van der Waals surface area contributed by atoms with Gasteiger partial charge < -0.3 is 5.21 Å². The molecule has 0 aromatic heterocycles. The molecule has 94 valence electrons. The van der Waals surface area contributed by atoms with Gasteiger partial charge in [-0.15, -0.1) is 0 Å². The molecule has 0 fully saturated rings. The standard InChI is InChI=1S/C14H7BrClNO2/c15-8-5-6-12-10(7-8)14(18)13(17(12)19)9-3-1-2-4-11(9)16/h1-7H. The molecule has 0 saturated carbocycles. The molecule has 1 aliphatic rings. The molecule has 0 saturated heterocycles. The van der Waals surface area contributed by atoms with E-state index < -0.39 is 0 Å². The summed E-state index contributed by atoms with van der Waals surface area (Å²) in [5, 5.41) is 12.6. The van der Waals surface area contributed by atoms with E-state index in [4.69, 9.17) is 11.6 Å². The van der Waals surface area contributed by atoms with Crippen LogP contribution in [0.2, 0.25) is 5.02 Å². The van der Waals surface area contributed by atoms with Gasteiger partial charge in [0.05, 0.1) is 10.6 Å². The Morgan fingerprint density at radius 2 is 1.84 bits per heavy atom. The van der Waals surface area contributed by atoms with Gasteiger partial charge in [0.15, 0.2) is 0 Å². The van der Waals surface area contributed by atoms with Gasteiger partial charge in [-0.25, -0.2) is 0 Å². The van der Waals surface area contributed by atoms with Crippen molar-refractivity contribution in [2.45, 2.75) is 0 Å². The highest BCUT2D eigenvalue weighted by molar-refractivity contribution is 9.10. The number of halogens is 2. The van der Waals surface area contributed by atoms with Crippen molar-refractivity contribution >= 4 is 44.7 Å². The Morgan fingerprint density at radius 3 is 2.58 bits per heavy atom. The Kier molecular flexibility index (Phi) is 2.92. The van der Waals surface area contributed by atoms with Crippen LogP contribution < -0.4 is 0 Å². The van der Waals surface area contributed by atoms with Gasteiger partial charge in [-0.1, -0.05) is 39.7 Å². The highest BCUT2D eigenvalue weighted by Gasteiger charge is 2.37. The average Bonchev–Trinajstić information content (AvgIpc) is 2.63. The molecule has 1 heterocycles. The summed E-state index contributed by atoms with van der Waals surface area (Å²) in [6, 6.07) is 11.8. The van der Waals surface area contributed by atoms with E-state index in [2.05, 4.69) is 15.9 Å². The Labute approximate surface area is 122 Å². The average molecular weight is 337 g/mol. The third-order valence-corrected chi connectivity index (χ3v) is 3.79. The third kappa shape index (κ3) is 1.88. The summed E-state index contributed by atoms with van der Waals surface area (Å²) in [5.74, 6) is -0.306. The van der Waals surface area contributed by atoms with Crippen molar-refractivity contribution in [1.82, 2.24) is 0 Å². The summed E-state index contributed by atoms with van der Waals surface area (Å²) in [6.45, 7) is 0. The van der Waals surface area contributed by atoms with Gasteiger partial charge in [-0.2, -0.15) is 4.74 Å². The maximum Gasteiger partial charge on any atom is 0.274 e. The van der Waals surface area contributed by atoms with Crippen LogP contribution in [0.3, 0.4) is 0 Å². The molecule has 3 rings (SSSR count). The summed E-state index contributed by atoms with van der Waals surface area (Å²) in [6.07, 6.45) is 0. The monoisotopic (exact) mass is 335 g/mol. The van der Waals surface area contributed by atoms with Gasteiger partial charge in [0.25, 0.3) is 11.5 Å². The second-order valence-corrected chi connectivity index (χ2v) is 5.44. The summed E-state index contributed by atoms with van der Waals surface area (Å²) in [7, 11) is 0. The summed E-state index contributed by atoms with van der Waals surface area (Å²) in [4.78, 5) is 12.4. The van der Waals surface area contributed by atoms with Crippen LogP contribution in [-0.4, -0.2) is 16.2 Å². The Bertz CT molecular complexity index is 740. The highest BCUT2D eigenvalue weighted by Crippen LogP contribution is 2.32. The molecule has 0 spiro atoms. The van der Waals surface area contributed by atoms with Crippen LogP contribution in [0, 0.1) is 5.21 Å². The zero-order valence-corrected chi connectivity index (χ0v) is 11.9. The van der Waals surface area contributed by atoms with E-state index in [1.54, 1.807) is 42.5 Å². The topological polar surface area (TPSA) is 43.1 Å². The second-order valence-electron chi connectivity index (χ2n) is 4.11. The minimum absolute atomic E-state index is 0.0682. The van der Waals surface area contributed by atoms with Gasteiger partial charge in [-0.3, -0.25) is 4.79 Å². The molecule has 2 aromatic rings. The van der Waals surface area contributed by atoms with E-state index in [1.165, 1.54) is 0 Å². The van der Waals surface area contributed by atoms with Crippen LogP contribution in [0.15, 0.2) is 46.9 Å². The SMILES string of the molecule is O=C1C(c2ccccc2Cl)=[N+]([O-])c2ccc(Br)cc21. The molecule has 5 heteroatoms. The molecule has 0 unspecified atom stereocenters. The van der Waals surface area contributed by atoms with Crippen LogP contribution in [0.4, 0.5) is 5.69 Å². The van der Waals surface area contributed by atoms with Crippen LogP contribution in [0.5, 0.6) is 0 Å². The molecule has 0 bridgehead atoms. The lowest BCUT2D eigenvalue weighted by molar-refractivity contribution is -0.355. The maximum absolute atomic E-state index is 12.4. The van der Waals surface area contributed by atoms with Crippen molar-refractivity contribution in [1.29, 1.82) is 0 Å². The normalized spacial score (nSPS) is 13.9. The van der Waals surface area contributed by atoms with Crippen molar-refractivity contribution < 1.29 is 9.53 Å². The number of nitrogens with zero attached hydrogens (tertiary/aromatic N) is 1. The first-order valence-electron chi connectivity index (χ1n) is 5.53. The first-order chi connectivity index (χ1) is 9.09. The predicted octanol–water partition coefficient (Wildman–Crippen LogP) is 3.93. The first kappa shape index (κ1) is 12.4. The van der Waals surface area contributed by atoms with Crippen LogP contribution in [-0.2, 0) is 0 Å². The number of hydrogen-bond acceptors (Lipinski definition) is 2. The summed E-state index contributed by atoms with van der Waals surface area (Å²) < 4.78 is 1.40. The molecule has 0 N–H and O–H groups in total. The Balaban J connectivity index is 2.24. The van der Waals surface area contributed by atoms with Crippen molar-refractivity contribution in [3.8, 4) is 0 Å². The molecule has 0 radical (unpaired) electrons. The van der Waals surface area contributed by atoms with Gasteiger partial charge in [0.1, 0.15) is 5.56 Å². The molecule has 3 nitrogen and oxygen atoms in total. The fraction of sp³-hybridized carbons (Fsp3) is 0. The molecule has 2 aromatic carbocycles. The number of benzene rings is 2. The lowest BCUT2D eigenvalue weighted by Crippen LogP contribution is -2.17. The van der Waals surface area contributed by atoms with E-state index in [-0.39, 0.29) is 11.5 Å². The summed E-state index contributed by atoms with van der Waals surface area (Å²) >= 11 is 9.36. The van der Waals surface area contributed by atoms with E-state index in [9.17, 15) is 10.0 Å². The quantitative estimate of drug-likeness (QED) is 0.585. The number of carbonyl (C=O) groups is 1. The van der Waals surface area contributed by atoms with Crippen molar-refractivity contribution in [3.63, 3.8) is 0 Å². The number of rotatable bonds is 1. The fourth-order valence-corrected chi connectivity index (χ4v) is 2.68. The molecular weight excluding hydrogens is 330 g/mol. The molecule has 19 heavy (non-hydrogen) atoms. The van der Waals surface area contributed by atoms with Gasteiger partial charge in [0.2, 0.25) is 5.69 Å².